The topological polar surface area (TPSA) is 106 Å². The summed E-state index contributed by atoms with van der Waals surface area (Å²) in [5.74, 6) is -0.174. The molecular weight excluding hydrogens is 326 g/mol. The Morgan fingerprint density at radius 3 is 2.80 bits per heavy atom. The molecule has 1 aromatic heterocycles. The van der Waals surface area contributed by atoms with Gasteiger partial charge in [-0.15, -0.1) is 0 Å². The van der Waals surface area contributed by atoms with Gasteiger partial charge in [0.15, 0.2) is 0 Å². The molecule has 1 atom stereocenters. The number of hydrogen-bond acceptors (Lipinski definition) is 5. The molecule has 1 aliphatic heterocycles. The lowest BCUT2D eigenvalue weighted by Crippen LogP contribution is -2.45. The molecule has 8 heteroatoms. The largest absolute Gasteiger partial charge is 0.467 e. The van der Waals surface area contributed by atoms with E-state index in [1.165, 1.54) is 29.4 Å². The molecule has 0 spiro atoms. The third-order valence-electron chi connectivity index (χ3n) is 4.16. The molecule has 2 heterocycles. The van der Waals surface area contributed by atoms with Crippen molar-refractivity contribution >= 4 is 17.5 Å². The SMILES string of the molecule is O=C(NCc1ccco1)[C@H]1CCCN1C(=O)c1ccccc1[N+](=O)[O-]. The molecule has 1 aliphatic rings. The van der Waals surface area contributed by atoms with Crippen LogP contribution in [-0.4, -0.2) is 34.2 Å². The van der Waals surface area contributed by atoms with E-state index in [9.17, 15) is 19.7 Å². The van der Waals surface area contributed by atoms with Crippen molar-refractivity contribution in [2.75, 3.05) is 6.54 Å². The number of nitro groups is 1. The molecule has 0 aliphatic carbocycles. The number of likely N-dealkylation sites (tertiary alicyclic amines) is 1. The summed E-state index contributed by atoms with van der Waals surface area (Å²) in [6, 6.07) is 8.61. The number of nitro benzene ring substituents is 1. The molecule has 1 aromatic carbocycles. The van der Waals surface area contributed by atoms with E-state index in [0.29, 0.717) is 25.1 Å². The summed E-state index contributed by atoms with van der Waals surface area (Å²) in [7, 11) is 0. The maximum Gasteiger partial charge on any atom is 0.282 e. The molecule has 25 heavy (non-hydrogen) atoms. The van der Waals surface area contributed by atoms with Gasteiger partial charge in [0.2, 0.25) is 5.91 Å². The maximum absolute atomic E-state index is 12.7. The average molecular weight is 343 g/mol. The van der Waals surface area contributed by atoms with Crippen LogP contribution < -0.4 is 5.32 Å². The number of furan rings is 1. The van der Waals surface area contributed by atoms with Gasteiger partial charge in [-0.05, 0) is 31.0 Å². The van der Waals surface area contributed by atoms with Crippen LogP contribution in [0.1, 0.15) is 29.0 Å². The molecule has 0 bridgehead atoms. The Morgan fingerprint density at radius 2 is 2.08 bits per heavy atom. The number of nitrogens with zero attached hydrogens (tertiary/aromatic N) is 2. The van der Waals surface area contributed by atoms with Crippen molar-refractivity contribution in [1.29, 1.82) is 0 Å². The van der Waals surface area contributed by atoms with E-state index in [4.69, 9.17) is 4.42 Å². The first-order valence-corrected chi connectivity index (χ1v) is 7.92. The van der Waals surface area contributed by atoms with Crippen LogP contribution in [0.25, 0.3) is 0 Å². The molecule has 130 valence electrons. The van der Waals surface area contributed by atoms with Crippen LogP contribution in [0.15, 0.2) is 47.1 Å². The Kier molecular flexibility index (Phi) is 4.78. The highest BCUT2D eigenvalue weighted by Gasteiger charge is 2.36. The summed E-state index contributed by atoms with van der Waals surface area (Å²) in [6.07, 6.45) is 2.71. The zero-order valence-electron chi connectivity index (χ0n) is 13.4. The molecule has 1 saturated heterocycles. The van der Waals surface area contributed by atoms with Gasteiger partial charge in [0, 0.05) is 12.6 Å². The van der Waals surface area contributed by atoms with Gasteiger partial charge in [0.25, 0.3) is 11.6 Å². The highest BCUT2D eigenvalue weighted by molar-refractivity contribution is 6.00. The Bertz CT molecular complexity index is 787. The molecule has 1 fully saturated rings. The molecular formula is C17H17N3O5. The van der Waals surface area contributed by atoms with Gasteiger partial charge in [0.1, 0.15) is 17.4 Å². The molecule has 1 N–H and O–H groups in total. The van der Waals surface area contributed by atoms with Crippen LogP contribution in [0.2, 0.25) is 0 Å². The average Bonchev–Trinajstić information content (AvgIpc) is 3.30. The number of carbonyl (C=O) groups excluding carboxylic acids is 2. The van der Waals surface area contributed by atoms with Crippen molar-refractivity contribution in [2.45, 2.75) is 25.4 Å². The van der Waals surface area contributed by atoms with E-state index < -0.39 is 16.9 Å². The number of para-hydroxylation sites is 1. The smallest absolute Gasteiger partial charge is 0.282 e. The Balaban J connectivity index is 1.73. The zero-order chi connectivity index (χ0) is 17.8. The van der Waals surface area contributed by atoms with Crippen molar-refractivity contribution in [1.82, 2.24) is 10.2 Å². The van der Waals surface area contributed by atoms with E-state index in [1.54, 1.807) is 18.2 Å². The number of hydrogen-bond donors (Lipinski definition) is 1. The lowest BCUT2D eigenvalue weighted by atomic mass is 10.1. The second-order valence-corrected chi connectivity index (χ2v) is 5.73. The summed E-state index contributed by atoms with van der Waals surface area (Å²) in [5.41, 5.74) is -0.257. The van der Waals surface area contributed by atoms with E-state index in [0.717, 1.165) is 0 Å². The molecule has 2 amide bonds. The number of nitrogens with one attached hydrogen (secondary N) is 1. The fourth-order valence-corrected chi connectivity index (χ4v) is 2.96. The van der Waals surface area contributed by atoms with Crippen molar-refractivity contribution in [3.63, 3.8) is 0 Å². The van der Waals surface area contributed by atoms with Gasteiger partial charge in [-0.25, -0.2) is 0 Å². The lowest BCUT2D eigenvalue weighted by Gasteiger charge is -2.23. The van der Waals surface area contributed by atoms with Crippen molar-refractivity contribution in [3.8, 4) is 0 Å². The predicted octanol–water partition coefficient (Wildman–Crippen LogP) is 2.11. The van der Waals surface area contributed by atoms with E-state index in [-0.39, 0.29) is 23.7 Å². The standard InChI is InChI=1S/C17H17N3O5/c21-16(18-11-12-5-4-10-25-12)15-8-3-9-19(15)17(22)13-6-1-2-7-14(13)20(23)24/h1-2,4-7,10,15H,3,8-9,11H2,(H,18,21)/t15-/m1/s1. The van der Waals surface area contributed by atoms with Crippen LogP contribution >= 0.6 is 0 Å². The van der Waals surface area contributed by atoms with Gasteiger partial charge in [-0.1, -0.05) is 12.1 Å². The molecule has 2 aromatic rings. The second-order valence-electron chi connectivity index (χ2n) is 5.73. The molecule has 0 radical (unpaired) electrons. The summed E-state index contributed by atoms with van der Waals surface area (Å²) in [6.45, 7) is 0.625. The zero-order valence-corrected chi connectivity index (χ0v) is 13.4. The summed E-state index contributed by atoms with van der Waals surface area (Å²) >= 11 is 0. The van der Waals surface area contributed by atoms with Gasteiger partial charge in [-0.2, -0.15) is 0 Å². The number of carbonyl (C=O) groups is 2. The third-order valence-corrected chi connectivity index (χ3v) is 4.16. The minimum atomic E-state index is -0.637. The van der Waals surface area contributed by atoms with Crippen LogP contribution in [0.4, 0.5) is 5.69 Å². The number of amides is 2. The number of rotatable bonds is 5. The fourth-order valence-electron chi connectivity index (χ4n) is 2.96. The first-order valence-electron chi connectivity index (χ1n) is 7.92. The van der Waals surface area contributed by atoms with Crippen LogP contribution in [0, 0.1) is 10.1 Å². The van der Waals surface area contributed by atoms with Gasteiger partial charge < -0.3 is 14.6 Å². The van der Waals surface area contributed by atoms with Crippen molar-refractivity contribution < 1.29 is 18.9 Å². The first-order chi connectivity index (χ1) is 12.1. The van der Waals surface area contributed by atoms with E-state index in [2.05, 4.69) is 5.32 Å². The minimum absolute atomic E-state index is 0.00163. The Hall–Kier alpha value is -3.16. The van der Waals surface area contributed by atoms with Crippen LogP contribution in [-0.2, 0) is 11.3 Å². The summed E-state index contributed by atoms with van der Waals surface area (Å²) in [4.78, 5) is 37.1. The molecule has 8 nitrogen and oxygen atoms in total. The highest BCUT2D eigenvalue weighted by Crippen LogP contribution is 2.25. The van der Waals surface area contributed by atoms with Crippen LogP contribution in [0.3, 0.4) is 0 Å². The van der Waals surface area contributed by atoms with E-state index in [1.807, 2.05) is 0 Å². The lowest BCUT2D eigenvalue weighted by molar-refractivity contribution is -0.385. The van der Waals surface area contributed by atoms with E-state index >= 15 is 0 Å². The highest BCUT2D eigenvalue weighted by atomic mass is 16.6. The maximum atomic E-state index is 12.7. The van der Waals surface area contributed by atoms with Gasteiger partial charge in [0.05, 0.1) is 17.7 Å². The predicted molar refractivity (Wildman–Crippen MR) is 87.7 cm³/mol. The Morgan fingerprint density at radius 1 is 1.28 bits per heavy atom. The third kappa shape index (κ3) is 3.52. The van der Waals surface area contributed by atoms with Crippen LogP contribution in [0.5, 0.6) is 0 Å². The quantitative estimate of drug-likeness (QED) is 0.661. The molecule has 3 rings (SSSR count). The van der Waals surface area contributed by atoms with Gasteiger partial charge in [-0.3, -0.25) is 19.7 Å². The monoisotopic (exact) mass is 343 g/mol. The number of benzene rings is 1. The normalized spacial score (nSPS) is 16.6. The first kappa shape index (κ1) is 16.7. The summed E-state index contributed by atoms with van der Waals surface area (Å²) < 4.78 is 5.16. The van der Waals surface area contributed by atoms with Crippen molar-refractivity contribution in [2.24, 2.45) is 0 Å². The fraction of sp³-hybridized carbons (Fsp3) is 0.294. The Labute approximate surface area is 143 Å². The van der Waals surface area contributed by atoms with Crippen molar-refractivity contribution in [3.05, 3.63) is 64.1 Å². The summed E-state index contributed by atoms with van der Waals surface area (Å²) in [5, 5.41) is 13.9. The minimum Gasteiger partial charge on any atom is -0.467 e. The molecule has 0 unspecified atom stereocenters. The van der Waals surface area contributed by atoms with Gasteiger partial charge >= 0.3 is 0 Å². The molecule has 0 saturated carbocycles. The second kappa shape index (κ2) is 7.16.